The van der Waals surface area contributed by atoms with Gasteiger partial charge >= 0.3 is 0 Å². The average molecular weight is 251 g/mol. The largest absolute Gasteiger partial charge is 0.385 e. The molecule has 1 aromatic rings. The fourth-order valence-corrected chi connectivity index (χ4v) is 3.68. The first kappa shape index (κ1) is 12.9. The Morgan fingerprint density at radius 1 is 1.41 bits per heavy atom. The highest BCUT2D eigenvalue weighted by molar-refractivity contribution is 8.00. The van der Waals surface area contributed by atoms with Crippen LogP contribution < -0.4 is 0 Å². The summed E-state index contributed by atoms with van der Waals surface area (Å²) in [6.45, 7) is 3.16. The predicted octanol–water partition coefficient (Wildman–Crippen LogP) is 2.67. The highest BCUT2D eigenvalue weighted by atomic mass is 32.2. The normalized spacial score (nSPS) is 18.6. The maximum Gasteiger partial charge on any atom is 0.0474 e. The second-order valence-electron chi connectivity index (χ2n) is 4.66. The van der Waals surface area contributed by atoms with Crippen LogP contribution in [0.2, 0.25) is 0 Å². The lowest BCUT2D eigenvalue weighted by atomic mass is 10.1. The van der Waals surface area contributed by atoms with Gasteiger partial charge in [0.25, 0.3) is 0 Å². The lowest BCUT2D eigenvalue weighted by Crippen LogP contribution is -2.28. The highest BCUT2D eigenvalue weighted by Gasteiger charge is 2.22. The first-order valence-electron chi connectivity index (χ1n) is 6.21. The van der Waals surface area contributed by atoms with Gasteiger partial charge in [-0.25, -0.2) is 0 Å². The Labute approximate surface area is 108 Å². The molecule has 0 radical (unpaired) electrons. The molecular formula is C14H21NOS. The first-order valence-corrected chi connectivity index (χ1v) is 7.09. The predicted molar refractivity (Wildman–Crippen MR) is 73.8 cm³/mol. The van der Waals surface area contributed by atoms with Gasteiger partial charge in [-0.15, -0.1) is 11.8 Å². The molecule has 0 amide bonds. The van der Waals surface area contributed by atoms with Gasteiger partial charge in [-0.2, -0.15) is 0 Å². The van der Waals surface area contributed by atoms with E-state index in [2.05, 4.69) is 36.2 Å². The topological polar surface area (TPSA) is 12.5 Å². The molecule has 94 valence electrons. The molecule has 3 heteroatoms. The van der Waals surface area contributed by atoms with Crippen molar-refractivity contribution < 1.29 is 4.74 Å². The summed E-state index contributed by atoms with van der Waals surface area (Å²) < 4.78 is 5.08. The SMILES string of the molecule is COCCCN(C)CC1Cc2ccccc2S1. The number of nitrogens with zero attached hydrogens (tertiary/aromatic N) is 1. The summed E-state index contributed by atoms with van der Waals surface area (Å²) in [4.78, 5) is 3.89. The van der Waals surface area contributed by atoms with Crippen LogP contribution in [0.25, 0.3) is 0 Å². The molecule has 1 atom stereocenters. The van der Waals surface area contributed by atoms with E-state index in [4.69, 9.17) is 4.74 Å². The van der Waals surface area contributed by atoms with Gasteiger partial charge in [0.15, 0.2) is 0 Å². The Bertz CT molecular complexity index is 331. The minimum Gasteiger partial charge on any atom is -0.385 e. The molecule has 1 aromatic carbocycles. The molecule has 0 saturated heterocycles. The number of fused-ring (bicyclic) bond motifs is 1. The molecule has 0 aromatic heterocycles. The minimum absolute atomic E-state index is 0.722. The number of ether oxygens (including phenoxy) is 1. The third-order valence-corrected chi connectivity index (χ3v) is 4.42. The first-order chi connectivity index (χ1) is 8.29. The number of thioether (sulfide) groups is 1. The van der Waals surface area contributed by atoms with Crippen LogP contribution in [0.5, 0.6) is 0 Å². The van der Waals surface area contributed by atoms with Crippen molar-refractivity contribution in [3.8, 4) is 0 Å². The summed E-state index contributed by atoms with van der Waals surface area (Å²) in [5.41, 5.74) is 1.52. The molecule has 1 heterocycles. The van der Waals surface area contributed by atoms with Crippen LogP contribution >= 0.6 is 11.8 Å². The van der Waals surface area contributed by atoms with E-state index in [1.165, 1.54) is 23.4 Å². The van der Waals surface area contributed by atoms with Crippen molar-refractivity contribution in [2.45, 2.75) is 23.0 Å². The summed E-state index contributed by atoms with van der Waals surface area (Å²) >= 11 is 2.03. The van der Waals surface area contributed by atoms with Crippen molar-refractivity contribution in [3.63, 3.8) is 0 Å². The van der Waals surface area contributed by atoms with Gasteiger partial charge < -0.3 is 9.64 Å². The van der Waals surface area contributed by atoms with E-state index in [9.17, 15) is 0 Å². The van der Waals surface area contributed by atoms with E-state index in [-0.39, 0.29) is 0 Å². The van der Waals surface area contributed by atoms with Crippen molar-refractivity contribution in [1.82, 2.24) is 4.90 Å². The monoisotopic (exact) mass is 251 g/mol. The van der Waals surface area contributed by atoms with Crippen molar-refractivity contribution in [3.05, 3.63) is 29.8 Å². The van der Waals surface area contributed by atoms with Crippen molar-refractivity contribution in [2.24, 2.45) is 0 Å². The molecular weight excluding hydrogens is 230 g/mol. The zero-order valence-corrected chi connectivity index (χ0v) is 11.5. The van der Waals surface area contributed by atoms with Crippen LogP contribution in [0.1, 0.15) is 12.0 Å². The molecule has 17 heavy (non-hydrogen) atoms. The Morgan fingerprint density at radius 2 is 2.24 bits per heavy atom. The van der Waals surface area contributed by atoms with Gasteiger partial charge in [0.2, 0.25) is 0 Å². The number of hydrogen-bond acceptors (Lipinski definition) is 3. The molecule has 0 fully saturated rings. The summed E-state index contributed by atoms with van der Waals surface area (Å²) in [5.74, 6) is 0. The molecule has 0 bridgehead atoms. The molecule has 0 spiro atoms. The Morgan fingerprint density at radius 3 is 3.00 bits per heavy atom. The van der Waals surface area contributed by atoms with Crippen LogP contribution in [0, 0.1) is 0 Å². The van der Waals surface area contributed by atoms with Crippen LogP contribution in [0.3, 0.4) is 0 Å². The van der Waals surface area contributed by atoms with E-state index >= 15 is 0 Å². The minimum atomic E-state index is 0.722. The van der Waals surface area contributed by atoms with E-state index < -0.39 is 0 Å². The average Bonchev–Trinajstić information content (AvgIpc) is 2.71. The molecule has 0 saturated carbocycles. The van der Waals surface area contributed by atoms with Gasteiger partial charge in [0.05, 0.1) is 0 Å². The molecule has 0 N–H and O–H groups in total. The quantitative estimate of drug-likeness (QED) is 0.721. The second-order valence-corrected chi connectivity index (χ2v) is 6.00. The van der Waals surface area contributed by atoms with Crippen LogP contribution in [0.15, 0.2) is 29.2 Å². The summed E-state index contributed by atoms with van der Waals surface area (Å²) in [7, 11) is 3.97. The summed E-state index contributed by atoms with van der Waals surface area (Å²) in [6, 6.07) is 8.78. The lowest BCUT2D eigenvalue weighted by molar-refractivity contribution is 0.179. The Kier molecular flexibility index (Phi) is 4.89. The number of methoxy groups -OCH3 is 1. The number of rotatable bonds is 6. The number of benzene rings is 1. The van der Waals surface area contributed by atoms with Gasteiger partial charge in [-0.1, -0.05) is 18.2 Å². The highest BCUT2D eigenvalue weighted by Crippen LogP contribution is 2.36. The van der Waals surface area contributed by atoms with E-state index in [1.807, 2.05) is 11.8 Å². The Balaban J connectivity index is 1.75. The molecule has 1 aliphatic heterocycles. The zero-order chi connectivity index (χ0) is 12.1. The standard InChI is InChI=1S/C14H21NOS/c1-15(8-5-9-16-2)11-13-10-12-6-3-4-7-14(12)17-13/h3-4,6-7,13H,5,8-11H2,1-2H3. The van der Waals surface area contributed by atoms with E-state index in [0.717, 1.165) is 24.8 Å². The van der Waals surface area contributed by atoms with E-state index in [0.29, 0.717) is 0 Å². The molecule has 2 nitrogen and oxygen atoms in total. The smallest absolute Gasteiger partial charge is 0.0474 e. The van der Waals surface area contributed by atoms with Gasteiger partial charge in [0.1, 0.15) is 0 Å². The summed E-state index contributed by atoms with van der Waals surface area (Å²) in [6.07, 6.45) is 2.34. The van der Waals surface area contributed by atoms with Gasteiger partial charge in [-0.05, 0) is 31.5 Å². The Hall–Kier alpha value is -0.510. The van der Waals surface area contributed by atoms with Crippen LogP contribution in [-0.2, 0) is 11.2 Å². The lowest BCUT2D eigenvalue weighted by Gasteiger charge is -2.19. The molecule has 2 rings (SSSR count). The fraction of sp³-hybridized carbons (Fsp3) is 0.571. The second kappa shape index (κ2) is 6.43. The van der Waals surface area contributed by atoms with Crippen LogP contribution in [0.4, 0.5) is 0 Å². The zero-order valence-electron chi connectivity index (χ0n) is 10.7. The van der Waals surface area contributed by atoms with Gasteiger partial charge in [0, 0.05) is 37.0 Å². The van der Waals surface area contributed by atoms with Crippen molar-refractivity contribution in [2.75, 3.05) is 33.9 Å². The molecule has 1 aliphatic rings. The fourth-order valence-electron chi connectivity index (χ4n) is 2.27. The number of hydrogen-bond donors (Lipinski definition) is 0. The maximum absolute atomic E-state index is 5.08. The van der Waals surface area contributed by atoms with Crippen LogP contribution in [-0.4, -0.2) is 44.0 Å². The maximum atomic E-state index is 5.08. The van der Waals surface area contributed by atoms with E-state index in [1.54, 1.807) is 7.11 Å². The third-order valence-electron chi connectivity index (χ3n) is 3.12. The third kappa shape index (κ3) is 3.73. The molecule has 0 aliphatic carbocycles. The summed E-state index contributed by atoms with van der Waals surface area (Å²) in [5, 5.41) is 0.722. The van der Waals surface area contributed by atoms with Crippen molar-refractivity contribution in [1.29, 1.82) is 0 Å². The molecule has 1 unspecified atom stereocenters. The van der Waals surface area contributed by atoms with Crippen molar-refractivity contribution >= 4 is 11.8 Å². The van der Waals surface area contributed by atoms with Gasteiger partial charge in [-0.3, -0.25) is 0 Å².